The SMILES string of the molecule is Cc1ccc(C(C/C(=N/O)c2ccc(=O)n(C)n2)c2ccc(C3CCN(S(C)(=O)=O)CC3)cc2)cc1. The lowest BCUT2D eigenvalue weighted by atomic mass is 9.84. The van der Waals surface area contributed by atoms with Crippen LogP contribution in [0.1, 0.15) is 59.0 Å². The molecule has 1 fully saturated rings. The monoisotopic (exact) mass is 508 g/mol. The summed E-state index contributed by atoms with van der Waals surface area (Å²) in [5, 5.41) is 17.6. The van der Waals surface area contributed by atoms with E-state index in [0.717, 1.165) is 29.5 Å². The maximum atomic E-state index is 11.8. The van der Waals surface area contributed by atoms with E-state index in [0.29, 0.717) is 36.8 Å². The van der Waals surface area contributed by atoms with E-state index in [1.165, 1.54) is 22.6 Å². The van der Waals surface area contributed by atoms with Gasteiger partial charge in [-0.2, -0.15) is 5.10 Å². The van der Waals surface area contributed by atoms with E-state index in [9.17, 15) is 18.4 Å². The van der Waals surface area contributed by atoms with Crippen LogP contribution in [-0.2, 0) is 17.1 Å². The van der Waals surface area contributed by atoms with Crippen LogP contribution in [0.4, 0.5) is 0 Å². The van der Waals surface area contributed by atoms with Crippen molar-refractivity contribution < 1.29 is 13.6 Å². The van der Waals surface area contributed by atoms with Gasteiger partial charge in [0.15, 0.2) is 0 Å². The number of piperidine rings is 1. The summed E-state index contributed by atoms with van der Waals surface area (Å²) in [5.74, 6) is 0.232. The van der Waals surface area contributed by atoms with Crippen molar-refractivity contribution in [2.75, 3.05) is 19.3 Å². The van der Waals surface area contributed by atoms with Crippen LogP contribution in [0.2, 0.25) is 0 Å². The molecule has 2 aromatic carbocycles. The summed E-state index contributed by atoms with van der Waals surface area (Å²) in [6, 6.07) is 19.7. The van der Waals surface area contributed by atoms with Crippen LogP contribution in [0.5, 0.6) is 0 Å². The second-order valence-corrected chi connectivity index (χ2v) is 11.5. The summed E-state index contributed by atoms with van der Waals surface area (Å²) >= 11 is 0. The Bertz CT molecular complexity index is 1390. The molecule has 1 N–H and O–H groups in total. The molecular formula is C27H32N4O4S. The van der Waals surface area contributed by atoms with Crippen LogP contribution >= 0.6 is 0 Å². The molecular weight excluding hydrogens is 476 g/mol. The number of hydrogen-bond donors (Lipinski definition) is 1. The van der Waals surface area contributed by atoms with Crippen LogP contribution in [0.3, 0.4) is 0 Å². The molecule has 0 saturated carbocycles. The van der Waals surface area contributed by atoms with Crippen molar-refractivity contribution in [3.63, 3.8) is 0 Å². The summed E-state index contributed by atoms with van der Waals surface area (Å²) in [4.78, 5) is 11.8. The fraction of sp³-hybridized carbons (Fsp3) is 0.370. The van der Waals surface area contributed by atoms with E-state index in [1.54, 1.807) is 17.4 Å². The van der Waals surface area contributed by atoms with Gasteiger partial charge in [0.2, 0.25) is 10.0 Å². The number of nitrogens with zero attached hydrogens (tertiary/aromatic N) is 4. The Kier molecular flexibility index (Phi) is 7.70. The maximum absolute atomic E-state index is 11.8. The fourth-order valence-electron chi connectivity index (χ4n) is 4.79. The van der Waals surface area contributed by atoms with Gasteiger partial charge in [0.25, 0.3) is 5.56 Å². The van der Waals surface area contributed by atoms with Crippen molar-refractivity contribution >= 4 is 15.7 Å². The molecule has 190 valence electrons. The molecule has 3 aromatic rings. The number of aromatic nitrogens is 2. The van der Waals surface area contributed by atoms with Gasteiger partial charge in [-0.15, -0.1) is 0 Å². The zero-order chi connectivity index (χ0) is 25.9. The quantitative estimate of drug-likeness (QED) is 0.298. The maximum Gasteiger partial charge on any atom is 0.266 e. The Labute approximate surface area is 211 Å². The molecule has 1 saturated heterocycles. The Balaban J connectivity index is 1.60. The standard InChI is InChI=1S/C27H32N4O4S/c1-19-4-6-22(7-5-19)24(18-26(29-33)25-12-13-27(32)30(2)28-25)23-10-8-20(9-11-23)21-14-16-31(17-15-21)36(3,34)35/h4-13,21,24,33H,14-18H2,1-3H3/b29-26-. The Morgan fingerprint density at radius 2 is 1.61 bits per heavy atom. The van der Waals surface area contributed by atoms with E-state index in [-0.39, 0.29) is 11.5 Å². The highest BCUT2D eigenvalue weighted by molar-refractivity contribution is 7.88. The smallest absolute Gasteiger partial charge is 0.266 e. The number of rotatable bonds is 7. The van der Waals surface area contributed by atoms with Gasteiger partial charge in [-0.25, -0.2) is 17.4 Å². The topological polar surface area (TPSA) is 105 Å². The third-order valence-corrected chi connectivity index (χ3v) is 8.29. The molecule has 1 unspecified atom stereocenters. The van der Waals surface area contributed by atoms with Crippen molar-refractivity contribution in [3.8, 4) is 0 Å². The molecule has 9 heteroatoms. The van der Waals surface area contributed by atoms with Crippen molar-refractivity contribution in [3.05, 3.63) is 99.0 Å². The largest absolute Gasteiger partial charge is 0.411 e. The average Bonchev–Trinajstić information content (AvgIpc) is 2.87. The molecule has 0 bridgehead atoms. The highest BCUT2D eigenvalue weighted by Crippen LogP contribution is 2.33. The summed E-state index contributed by atoms with van der Waals surface area (Å²) in [6.45, 7) is 3.12. The molecule has 1 aromatic heterocycles. The first-order chi connectivity index (χ1) is 17.2. The van der Waals surface area contributed by atoms with Crippen molar-refractivity contribution in [2.24, 2.45) is 12.2 Å². The first kappa shape index (κ1) is 25.8. The summed E-state index contributed by atoms with van der Waals surface area (Å²) in [5.41, 5.74) is 5.13. The average molecular weight is 509 g/mol. The molecule has 0 aliphatic carbocycles. The second-order valence-electron chi connectivity index (χ2n) is 9.50. The molecule has 8 nitrogen and oxygen atoms in total. The third-order valence-electron chi connectivity index (χ3n) is 6.99. The molecule has 0 spiro atoms. The van der Waals surface area contributed by atoms with Crippen LogP contribution in [0, 0.1) is 6.92 Å². The van der Waals surface area contributed by atoms with Crippen LogP contribution in [0.15, 0.2) is 70.6 Å². The molecule has 36 heavy (non-hydrogen) atoms. The first-order valence-corrected chi connectivity index (χ1v) is 13.9. The molecule has 1 aliphatic heterocycles. The second kappa shape index (κ2) is 10.8. The number of aryl methyl sites for hydroxylation is 2. The Hall–Kier alpha value is -3.30. The third kappa shape index (κ3) is 5.91. The fourth-order valence-corrected chi connectivity index (χ4v) is 5.67. The number of benzene rings is 2. The number of hydrogen-bond acceptors (Lipinski definition) is 6. The minimum Gasteiger partial charge on any atom is -0.411 e. The van der Waals surface area contributed by atoms with Gasteiger partial charge in [-0.1, -0.05) is 59.3 Å². The first-order valence-electron chi connectivity index (χ1n) is 12.0. The summed E-state index contributed by atoms with van der Waals surface area (Å²) < 4.78 is 26.4. The molecule has 2 heterocycles. The zero-order valence-corrected chi connectivity index (χ0v) is 21.6. The molecule has 4 rings (SSSR count). The summed E-state index contributed by atoms with van der Waals surface area (Å²) in [6.07, 6.45) is 3.26. The van der Waals surface area contributed by atoms with Crippen molar-refractivity contribution in [1.29, 1.82) is 0 Å². The summed E-state index contributed by atoms with van der Waals surface area (Å²) in [7, 11) is -1.58. The molecule has 1 aliphatic rings. The normalized spacial score (nSPS) is 16.7. The lowest BCUT2D eigenvalue weighted by Gasteiger charge is -2.30. The van der Waals surface area contributed by atoms with Crippen LogP contribution in [0.25, 0.3) is 0 Å². The zero-order valence-electron chi connectivity index (χ0n) is 20.8. The lowest BCUT2D eigenvalue weighted by Crippen LogP contribution is -2.37. The van der Waals surface area contributed by atoms with Gasteiger partial charge in [0.1, 0.15) is 11.4 Å². The van der Waals surface area contributed by atoms with Crippen molar-refractivity contribution in [1.82, 2.24) is 14.1 Å². The van der Waals surface area contributed by atoms with Gasteiger partial charge >= 0.3 is 0 Å². The predicted octanol–water partition coefficient (Wildman–Crippen LogP) is 3.63. The van der Waals surface area contributed by atoms with E-state index >= 15 is 0 Å². The van der Waals surface area contributed by atoms with Crippen LogP contribution < -0.4 is 5.56 Å². The van der Waals surface area contributed by atoms with E-state index in [2.05, 4.69) is 58.8 Å². The minimum atomic E-state index is -3.15. The van der Waals surface area contributed by atoms with Gasteiger partial charge < -0.3 is 5.21 Å². The van der Waals surface area contributed by atoms with Crippen LogP contribution in [-0.4, -0.2) is 52.8 Å². The van der Waals surface area contributed by atoms with Crippen molar-refractivity contribution in [2.45, 2.75) is 38.0 Å². The van der Waals surface area contributed by atoms with E-state index in [4.69, 9.17) is 0 Å². The minimum absolute atomic E-state index is 0.0864. The molecule has 0 radical (unpaired) electrons. The Morgan fingerprint density at radius 1 is 1.03 bits per heavy atom. The van der Waals surface area contributed by atoms with Gasteiger partial charge in [-0.05, 0) is 48.4 Å². The van der Waals surface area contributed by atoms with Gasteiger partial charge in [-0.3, -0.25) is 4.79 Å². The number of oxime groups is 1. The lowest BCUT2D eigenvalue weighted by molar-refractivity contribution is 0.317. The highest BCUT2D eigenvalue weighted by atomic mass is 32.2. The molecule has 0 amide bonds. The van der Waals surface area contributed by atoms with Gasteiger partial charge in [0.05, 0.1) is 6.26 Å². The molecule has 1 atom stereocenters. The van der Waals surface area contributed by atoms with E-state index in [1.807, 2.05) is 6.92 Å². The number of sulfonamides is 1. The highest BCUT2D eigenvalue weighted by Gasteiger charge is 2.26. The van der Waals surface area contributed by atoms with Gasteiger partial charge in [0, 0.05) is 38.5 Å². The predicted molar refractivity (Wildman–Crippen MR) is 140 cm³/mol. The Morgan fingerprint density at radius 3 is 2.14 bits per heavy atom. The van der Waals surface area contributed by atoms with E-state index < -0.39 is 10.0 Å².